The van der Waals surface area contributed by atoms with Crippen LogP contribution in [0.1, 0.15) is 43.4 Å². The van der Waals surface area contributed by atoms with Gasteiger partial charge < -0.3 is 10.2 Å². The Morgan fingerprint density at radius 1 is 1.38 bits per heavy atom. The Kier molecular flexibility index (Phi) is 5.02. The first-order chi connectivity index (χ1) is 10.1. The highest BCUT2D eigenvalue weighted by atomic mass is 79.9. The van der Waals surface area contributed by atoms with Crippen LogP contribution >= 0.6 is 27.3 Å². The molecule has 0 aromatic carbocycles. The molecule has 2 heterocycles. The van der Waals surface area contributed by atoms with Crippen LogP contribution in [0, 0.1) is 5.92 Å². The largest absolute Gasteiger partial charge is 0.342 e. The Morgan fingerprint density at radius 3 is 2.67 bits per heavy atom. The third kappa shape index (κ3) is 4.08. The Bertz CT molecular complexity index is 492. The Balaban J connectivity index is 1.47. The molecule has 5 heteroatoms. The molecule has 1 aliphatic heterocycles. The number of amides is 1. The van der Waals surface area contributed by atoms with Gasteiger partial charge in [-0.25, -0.2) is 0 Å². The van der Waals surface area contributed by atoms with Crippen molar-refractivity contribution in [1.82, 2.24) is 10.2 Å². The number of nitrogens with zero attached hydrogens (tertiary/aromatic N) is 1. The third-order valence-corrected chi connectivity index (χ3v) is 6.40. The van der Waals surface area contributed by atoms with Crippen LogP contribution in [-0.4, -0.2) is 36.5 Å². The van der Waals surface area contributed by atoms with E-state index in [1.54, 1.807) is 11.3 Å². The molecule has 0 bridgehead atoms. The lowest BCUT2D eigenvalue weighted by atomic mass is 10.0. The molecule has 3 nitrogen and oxygen atoms in total. The van der Waals surface area contributed by atoms with Gasteiger partial charge in [-0.05, 0) is 73.1 Å². The van der Waals surface area contributed by atoms with Gasteiger partial charge in [0.15, 0.2) is 0 Å². The summed E-state index contributed by atoms with van der Waals surface area (Å²) in [4.78, 5) is 15.8. The number of carbonyl (C=O) groups is 1. The quantitative estimate of drug-likeness (QED) is 0.858. The van der Waals surface area contributed by atoms with E-state index in [0.717, 1.165) is 40.5 Å². The van der Waals surface area contributed by atoms with E-state index < -0.39 is 0 Å². The summed E-state index contributed by atoms with van der Waals surface area (Å²) in [6.07, 6.45) is 5.00. The summed E-state index contributed by atoms with van der Waals surface area (Å²) >= 11 is 5.14. The second-order valence-corrected chi connectivity index (χ2v) is 8.81. The molecule has 1 saturated carbocycles. The maximum absolute atomic E-state index is 12.6. The molecule has 1 saturated heterocycles. The first-order valence-corrected chi connectivity index (χ1v) is 9.52. The molecule has 1 aliphatic carbocycles. The van der Waals surface area contributed by atoms with Gasteiger partial charge in [0.1, 0.15) is 0 Å². The lowest BCUT2D eigenvalue weighted by Crippen LogP contribution is -2.46. The molecular weight excluding hydrogens is 348 g/mol. The smallest absolute Gasteiger partial charge is 0.230 e. The fourth-order valence-electron chi connectivity index (χ4n) is 2.92. The second-order valence-electron chi connectivity index (χ2n) is 6.31. The first kappa shape index (κ1) is 15.5. The Morgan fingerprint density at radius 2 is 2.10 bits per heavy atom. The zero-order chi connectivity index (χ0) is 14.8. The van der Waals surface area contributed by atoms with Gasteiger partial charge in [0.05, 0.1) is 9.70 Å². The molecule has 1 atom stereocenters. The minimum Gasteiger partial charge on any atom is -0.342 e. The van der Waals surface area contributed by atoms with E-state index in [9.17, 15) is 4.79 Å². The van der Waals surface area contributed by atoms with E-state index >= 15 is 0 Å². The van der Waals surface area contributed by atoms with Crippen molar-refractivity contribution in [3.63, 3.8) is 0 Å². The van der Waals surface area contributed by atoms with Crippen LogP contribution in [-0.2, 0) is 4.79 Å². The highest BCUT2D eigenvalue weighted by Crippen LogP contribution is 2.30. The van der Waals surface area contributed by atoms with Crippen molar-refractivity contribution in [1.29, 1.82) is 0 Å². The van der Waals surface area contributed by atoms with Gasteiger partial charge in [-0.1, -0.05) is 0 Å². The highest BCUT2D eigenvalue weighted by Gasteiger charge is 2.28. The van der Waals surface area contributed by atoms with E-state index in [-0.39, 0.29) is 11.8 Å². The number of rotatable bonds is 5. The summed E-state index contributed by atoms with van der Waals surface area (Å²) in [5.41, 5.74) is 0. The van der Waals surface area contributed by atoms with Crippen LogP contribution in [0.2, 0.25) is 0 Å². The van der Waals surface area contributed by atoms with Crippen LogP contribution in [0.5, 0.6) is 0 Å². The summed E-state index contributed by atoms with van der Waals surface area (Å²) in [6.45, 7) is 5.01. The van der Waals surface area contributed by atoms with Crippen molar-refractivity contribution in [2.75, 3.05) is 19.6 Å². The second kappa shape index (κ2) is 6.80. The first-order valence-electron chi connectivity index (χ1n) is 7.91. The standard InChI is InChI=1S/C16H23BrN2OS/c1-11(14-4-5-15(17)21-14)16(20)19-8-6-13(7-9-19)18-10-12-2-3-12/h4-5,11-13,18H,2-3,6-10H2,1H3. The SMILES string of the molecule is CC(C(=O)N1CCC(NCC2CC2)CC1)c1ccc(Br)s1. The van der Waals surface area contributed by atoms with Gasteiger partial charge in [-0.15, -0.1) is 11.3 Å². The average Bonchev–Trinajstić information content (AvgIpc) is 3.24. The number of carbonyl (C=O) groups excluding carboxylic acids is 1. The van der Waals surface area contributed by atoms with Crippen molar-refractivity contribution in [3.8, 4) is 0 Å². The number of hydrogen-bond donors (Lipinski definition) is 1. The van der Waals surface area contributed by atoms with E-state index in [4.69, 9.17) is 0 Å². The minimum absolute atomic E-state index is 0.0164. The maximum Gasteiger partial charge on any atom is 0.230 e. The van der Waals surface area contributed by atoms with Crippen molar-refractivity contribution in [3.05, 3.63) is 20.8 Å². The minimum atomic E-state index is -0.0164. The fourth-order valence-corrected chi connectivity index (χ4v) is 4.38. The average molecular weight is 371 g/mol. The van der Waals surface area contributed by atoms with E-state index in [0.29, 0.717) is 6.04 Å². The topological polar surface area (TPSA) is 32.3 Å². The van der Waals surface area contributed by atoms with E-state index in [1.165, 1.54) is 19.4 Å². The zero-order valence-electron chi connectivity index (χ0n) is 12.5. The van der Waals surface area contributed by atoms with Crippen LogP contribution < -0.4 is 5.32 Å². The summed E-state index contributed by atoms with van der Waals surface area (Å²) in [7, 11) is 0. The number of hydrogen-bond acceptors (Lipinski definition) is 3. The van der Waals surface area contributed by atoms with Gasteiger partial charge in [0.2, 0.25) is 5.91 Å². The predicted octanol–water partition coefficient (Wildman–Crippen LogP) is 3.60. The van der Waals surface area contributed by atoms with E-state index in [1.807, 2.05) is 17.9 Å². The van der Waals surface area contributed by atoms with Crippen LogP contribution in [0.3, 0.4) is 0 Å². The Hall–Kier alpha value is -0.390. The summed E-state index contributed by atoms with van der Waals surface area (Å²) in [5, 5.41) is 3.67. The van der Waals surface area contributed by atoms with Crippen molar-refractivity contribution >= 4 is 33.2 Å². The molecule has 1 N–H and O–H groups in total. The summed E-state index contributed by atoms with van der Waals surface area (Å²) in [5.74, 6) is 1.20. The monoisotopic (exact) mass is 370 g/mol. The third-order valence-electron chi connectivity index (χ3n) is 4.59. The molecular formula is C16H23BrN2OS. The number of halogens is 1. The normalized spacial score (nSPS) is 21.5. The Labute approximate surface area is 139 Å². The van der Waals surface area contributed by atoms with Crippen LogP contribution in [0.25, 0.3) is 0 Å². The molecule has 1 unspecified atom stereocenters. The molecule has 0 spiro atoms. The zero-order valence-corrected chi connectivity index (χ0v) is 14.9. The molecule has 21 heavy (non-hydrogen) atoms. The lowest BCUT2D eigenvalue weighted by Gasteiger charge is -2.34. The predicted molar refractivity (Wildman–Crippen MR) is 90.8 cm³/mol. The molecule has 2 fully saturated rings. The fraction of sp³-hybridized carbons (Fsp3) is 0.688. The maximum atomic E-state index is 12.6. The highest BCUT2D eigenvalue weighted by molar-refractivity contribution is 9.11. The molecule has 116 valence electrons. The van der Waals surface area contributed by atoms with Gasteiger partial charge >= 0.3 is 0 Å². The molecule has 2 aliphatic rings. The van der Waals surface area contributed by atoms with E-state index in [2.05, 4.69) is 27.3 Å². The summed E-state index contributed by atoms with van der Waals surface area (Å²) < 4.78 is 1.10. The van der Waals surface area contributed by atoms with Crippen molar-refractivity contribution in [2.24, 2.45) is 5.92 Å². The molecule has 3 rings (SSSR count). The van der Waals surface area contributed by atoms with Gasteiger partial charge in [0.25, 0.3) is 0 Å². The number of nitrogens with one attached hydrogen (secondary N) is 1. The number of likely N-dealkylation sites (tertiary alicyclic amines) is 1. The molecule has 1 amide bonds. The molecule has 1 aromatic heterocycles. The van der Waals surface area contributed by atoms with Crippen LogP contribution in [0.15, 0.2) is 15.9 Å². The van der Waals surface area contributed by atoms with Crippen molar-refractivity contribution in [2.45, 2.75) is 44.6 Å². The number of thiophene rings is 1. The lowest BCUT2D eigenvalue weighted by molar-refractivity contribution is -0.133. The summed E-state index contributed by atoms with van der Waals surface area (Å²) in [6, 6.07) is 4.69. The molecule has 1 aromatic rings. The van der Waals surface area contributed by atoms with Crippen LogP contribution in [0.4, 0.5) is 0 Å². The van der Waals surface area contributed by atoms with Crippen molar-refractivity contribution < 1.29 is 4.79 Å². The van der Waals surface area contributed by atoms with Gasteiger partial charge in [-0.3, -0.25) is 4.79 Å². The molecule has 0 radical (unpaired) electrons. The number of piperidine rings is 1. The van der Waals surface area contributed by atoms with Gasteiger partial charge in [-0.2, -0.15) is 0 Å². The van der Waals surface area contributed by atoms with Gasteiger partial charge in [0, 0.05) is 24.0 Å².